The zero-order valence-electron chi connectivity index (χ0n) is 22.9. The van der Waals surface area contributed by atoms with E-state index >= 15 is 0 Å². The number of alkyl halides is 6. The second-order valence-electron chi connectivity index (χ2n) is 12.0. The zero-order valence-corrected chi connectivity index (χ0v) is 22.9. The fourth-order valence-corrected chi connectivity index (χ4v) is 6.97. The summed E-state index contributed by atoms with van der Waals surface area (Å²) in [5.74, 6) is -3.53. The molecule has 2 heterocycles. The number of rotatable bonds is 6. The number of halogens is 6. The molecule has 39 heavy (non-hydrogen) atoms. The van der Waals surface area contributed by atoms with Crippen LogP contribution in [0.15, 0.2) is 4.99 Å². The van der Waals surface area contributed by atoms with Crippen molar-refractivity contribution in [1.82, 2.24) is 20.0 Å². The van der Waals surface area contributed by atoms with E-state index in [1.54, 1.807) is 11.9 Å². The minimum Gasteiger partial charge on any atom is -0.356 e. The van der Waals surface area contributed by atoms with Gasteiger partial charge in [-0.15, -0.1) is 0 Å². The Morgan fingerprint density at radius 2 is 1.56 bits per heavy atom. The van der Waals surface area contributed by atoms with Crippen molar-refractivity contribution in [1.29, 1.82) is 0 Å². The molecule has 0 spiro atoms. The molecule has 3 unspecified atom stereocenters. The van der Waals surface area contributed by atoms with Crippen LogP contribution in [-0.2, 0) is 4.79 Å². The molecule has 1 saturated heterocycles. The average Bonchev–Trinajstić information content (AvgIpc) is 2.92. The van der Waals surface area contributed by atoms with E-state index in [-0.39, 0.29) is 43.7 Å². The van der Waals surface area contributed by atoms with Crippen LogP contribution >= 0.6 is 0 Å². The summed E-state index contributed by atoms with van der Waals surface area (Å²) in [4.78, 5) is 24.4. The third-order valence-electron chi connectivity index (χ3n) is 9.22. The number of hydrogen-bond donors (Lipinski definition) is 1. The largest absolute Gasteiger partial charge is 0.391 e. The molecule has 0 aromatic rings. The predicted octanol–water partition coefficient (Wildman–Crippen LogP) is 4.91. The lowest BCUT2D eigenvalue weighted by molar-refractivity contribution is -0.229. The van der Waals surface area contributed by atoms with Gasteiger partial charge in [0.1, 0.15) is 0 Å². The van der Waals surface area contributed by atoms with Gasteiger partial charge < -0.3 is 15.1 Å². The maximum absolute atomic E-state index is 13.8. The fraction of sp³-hybridized carbons (Fsp3) is 0.926. The van der Waals surface area contributed by atoms with Crippen LogP contribution in [-0.4, -0.2) is 97.8 Å². The molecule has 3 atom stereocenters. The van der Waals surface area contributed by atoms with Crippen LogP contribution in [0.2, 0.25) is 0 Å². The molecule has 4 rings (SSSR count). The van der Waals surface area contributed by atoms with Crippen LogP contribution in [0.4, 0.5) is 26.3 Å². The summed E-state index contributed by atoms with van der Waals surface area (Å²) in [5, 5.41) is 3.35. The van der Waals surface area contributed by atoms with Crippen molar-refractivity contribution in [3.05, 3.63) is 0 Å². The first kappa shape index (κ1) is 30.2. The number of nitrogens with one attached hydrogen (secondary N) is 1. The monoisotopic (exact) mass is 567 g/mol. The second-order valence-corrected chi connectivity index (χ2v) is 12.0. The van der Waals surface area contributed by atoms with Gasteiger partial charge in [0.15, 0.2) is 5.96 Å². The highest BCUT2D eigenvalue weighted by Gasteiger charge is 2.51. The van der Waals surface area contributed by atoms with Crippen LogP contribution in [0, 0.1) is 23.7 Å². The van der Waals surface area contributed by atoms with Gasteiger partial charge in [-0.1, -0.05) is 19.3 Å². The molecular formula is C27H43F6N5O. The maximum atomic E-state index is 13.8. The average molecular weight is 568 g/mol. The summed E-state index contributed by atoms with van der Waals surface area (Å²) in [6, 6.07) is -0.309. The second kappa shape index (κ2) is 12.9. The molecule has 1 N–H and O–H groups in total. The van der Waals surface area contributed by atoms with Gasteiger partial charge in [0, 0.05) is 52.9 Å². The van der Waals surface area contributed by atoms with Crippen molar-refractivity contribution in [3.8, 4) is 0 Å². The number of guanidine groups is 1. The Balaban J connectivity index is 1.38. The lowest BCUT2D eigenvalue weighted by Crippen LogP contribution is -2.60. The number of hydrogen-bond acceptors (Lipinski definition) is 5. The van der Waals surface area contributed by atoms with E-state index in [4.69, 9.17) is 0 Å². The highest BCUT2D eigenvalue weighted by atomic mass is 19.4. The highest BCUT2D eigenvalue weighted by Crippen LogP contribution is 2.48. The standard InChI is InChI=1S/C27H43F6N5O/c1-36(11-8-19-16-21(26(28,29)30)18-22(17-19)27(31,32)33)24(39)23(20-6-3-2-4-7-20)37-12-14-38(15-13-37)25-34-9-5-10-35-25/h19-23H,2-18H2,1H3,(H,34,35). The van der Waals surface area contributed by atoms with Crippen LogP contribution < -0.4 is 5.32 Å². The summed E-state index contributed by atoms with van der Waals surface area (Å²) < 4.78 is 80.5. The van der Waals surface area contributed by atoms with Crippen molar-refractivity contribution in [2.24, 2.45) is 28.7 Å². The van der Waals surface area contributed by atoms with Crippen LogP contribution in [0.3, 0.4) is 0 Å². The topological polar surface area (TPSA) is 51.2 Å². The van der Waals surface area contributed by atoms with Gasteiger partial charge in [-0.25, -0.2) is 0 Å². The van der Waals surface area contributed by atoms with Gasteiger partial charge >= 0.3 is 12.4 Å². The van der Waals surface area contributed by atoms with E-state index in [0.29, 0.717) is 13.1 Å². The Hall–Kier alpha value is -1.72. The van der Waals surface area contributed by atoms with Gasteiger partial charge in [0.25, 0.3) is 0 Å². The Morgan fingerprint density at radius 3 is 2.10 bits per heavy atom. The molecule has 1 amide bonds. The van der Waals surface area contributed by atoms with Crippen LogP contribution in [0.1, 0.15) is 64.2 Å². The number of aliphatic imine (C=N–C) groups is 1. The first-order valence-electron chi connectivity index (χ1n) is 14.6. The molecule has 12 heteroatoms. The Morgan fingerprint density at radius 1 is 0.949 bits per heavy atom. The number of nitrogens with zero attached hydrogens (tertiary/aromatic N) is 4. The molecule has 0 aromatic carbocycles. The summed E-state index contributed by atoms with van der Waals surface area (Å²) in [6.07, 6.45) is -4.41. The number of carbonyl (C=O) groups is 1. The van der Waals surface area contributed by atoms with Gasteiger partial charge in [-0.3, -0.25) is 14.7 Å². The number of amides is 1. The molecular weight excluding hydrogens is 524 g/mol. The van der Waals surface area contributed by atoms with Crippen molar-refractivity contribution in [2.75, 3.05) is 52.9 Å². The minimum absolute atomic E-state index is 0.0564. The summed E-state index contributed by atoms with van der Waals surface area (Å²) >= 11 is 0. The van der Waals surface area contributed by atoms with Crippen molar-refractivity contribution in [2.45, 2.75) is 82.6 Å². The van der Waals surface area contributed by atoms with E-state index in [9.17, 15) is 31.1 Å². The van der Waals surface area contributed by atoms with E-state index in [2.05, 4.69) is 20.1 Å². The number of piperazine rings is 1. The van der Waals surface area contributed by atoms with Crippen molar-refractivity contribution in [3.63, 3.8) is 0 Å². The minimum atomic E-state index is -4.64. The zero-order chi connectivity index (χ0) is 28.2. The number of carbonyl (C=O) groups excluding carboxylic acids is 1. The lowest BCUT2D eigenvalue weighted by Gasteiger charge is -2.44. The summed E-state index contributed by atoms with van der Waals surface area (Å²) in [7, 11) is 1.65. The lowest BCUT2D eigenvalue weighted by atomic mass is 9.73. The quantitative estimate of drug-likeness (QED) is 0.464. The Labute approximate surface area is 227 Å². The molecule has 0 bridgehead atoms. The molecule has 224 valence electrons. The predicted molar refractivity (Wildman–Crippen MR) is 137 cm³/mol. The van der Waals surface area contributed by atoms with E-state index in [0.717, 1.165) is 70.7 Å². The van der Waals surface area contributed by atoms with E-state index in [1.165, 1.54) is 0 Å². The molecule has 4 aliphatic rings. The smallest absolute Gasteiger partial charge is 0.356 e. The van der Waals surface area contributed by atoms with E-state index < -0.39 is 36.5 Å². The SMILES string of the molecule is CN(CCC1CC(C(F)(F)F)CC(C(F)(F)F)C1)C(=O)C(C1CCCCC1)N1CCN(C2=NCCCN2)CC1. The molecule has 0 radical (unpaired) electrons. The van der Waals surface area contributed by atoms with Gasteiger partial charge in [0.05, 0.1) is 17.9 Å². The van der Waals surface area contributed by atoms with Gasteiger partial charge in [0.2, 0.25) is 5.91 Å². The van der Waals surface area contributed by atoms with E-state index in [1.807, 2.05) is 0 Å². The highest BCUT2D eigenvalue weighted by molar-refractivity contribution is 5.82. The van der Waals surface area contributed by atoms with Gasteiger partial charge in [-0.2, -0.15) is 26.3 Å². The third kappa shape index (κ3) is 7.94. The van der Waals surface area contributed by atoms with Crippen LogP contribution in [0.5, 0.6) is 0 Å². The molecule has 2 saturated carbocycles. The summed E-state index contributed by atoms with van der Waals surface area (Å²) in [5.41, 5.74) is 0. The summed E-state index contributed by atoms with van der Waals surface area (Å²) in [6.45, 7) is 4.82. The van der Waals surface area contributed by atoms with Crippen LogP contribution in [0.25, 0.3) is 0 Å². The fourth-order valence-electron chi connectivity index (χ4n) is 6.97. The Kier molecular flexibility index (Phi) is 9.96. The number of likely N-dealkylation sites (N-methyl/N-ethyl adjacent to an activating group) is 1. The maximum Gasteiger partial charge on any atom is 0.391 e. The normalized spacial score (nSPS) is 28.9. The first-order chi connectivity index (χ1) is 18.4. The molecule has 0 aromatic heterocycles. The van der Waals surface area contributed by atoms with Crippen molar-refractivity contribution < 1.29 is 31.1 Å². The molecule has 2 aliphatic heterocycles. The third-order valence-corrected chi connectivity index (χ3v) is 9.22. The molecule has 3 fully saturated rings. The molecule has 6 nitrogen and oxygen atoms in total. The van der Waals surface area contributed by atoms with Crippen molar-refractivity contribution >= 4 is 11.9 Å². The Bertz CT molecular complexity index is 814. The molecule has 2 aliphatic carbocycles. The van der Waals surface area contributed by atoms with Gasteiger partial charge in [-0.05, 0) is 56.8 Å². The first-order valence-corrected chi connectivity index (χ1v) is 14.6.